The lowest BCUT2D eigenvalue weighted by atomic mass is 10.0. The Morgan fingerprint density at radius 3 is 2.75 bits per heavy atom. The van der Waals surface area contributed by atoms with Crippen LogP contribution in [-0.2, 0) is 16.0 Å². The highest BCUT2D eigenvalue weighted by Crippen LogP contribution is 2.26. The molecule has 24 heavy (non-hydrogen) atoms. The molecule has 3 rings (SSSR count). The summed E-state index contributed by atoms with van der Waals surface area (Å²) in [4.78, 5) is 27.6. The minimum Gasteiger partial charge on any atom is -0.481 e. The molecule has 1 saturated carbocycles. The fourth-order valence-electron chi connectivity index (χ4n) is 2.96. The standard InChI is InChI=1S/C17H17ClN2O4/c18-11-6-4-10(5-7-11)16-19-12(9-24-16)8-15(21)20-14-3-1-2-13(14)17(22)23/h4-7,9,13-14H,1-3,8H2,(H,20,21)(H,22,23)/t13-,14+/m1/s1. The number of carbonyl (C=O) groups is 2. The summed E-state index contributed by atoms with van der Waals surface area (Å²) in [6.45, 7) is 0. The van der Waals surface area contributed by atoms with Gasteiger partial charge in [0.2, 0.25) is 11.8 Å². The van der Waals surface area contributed by atoms with Crippen molar-refractivity contribution < 1.29 is 19.1 Å². The number of aromatic nitrogens is 1. The summed E-state index contributed by atoms with van der Waals surface area (Å²) in [5, 5.41) is 12.6. The maximum Gasteiger partial charge on any atom is 0.308 e. The molecule has 1 aromatic heterocycles. The molecule has 2 N–H and O–H groups in total. The van der Waals surface area contributed by atoms with Crippen LogP contribution in [-0.4, -0.2) is 28.0 Å². The lowest BCUT2D eigenvalue weighted by Gasteiger charge is -2.17. The number of rotatable bonds is 5. The molecule has 1 fully saturated rings. The van der Waals surface area contributed by atoms with Gasteiger partial charge in [-0.15, -0.1) is 0 Å². The highest BCUT2D eigenvalue weighted by atomic mass is 35.5. The minimum absolute atomic E-state index is 0.0555. The highest BCUT2D eigenvalue weighted by Gasteiger charge is 2.33. The Bertz CT molecular complexity index is 741. The molecular weight excluding hydrogens is 332 g/mol. The van der Waals surface area contributed by atoms with E-state index in [0.717, 1.165) is 12.0 Å². The molecule has 6 nitrogen and oxygen atoms in total. The van der Waals surface area contributed by atoms with Gasteiger partial charge in [-0.3, -0.25) is 9.59 Å². The molecule has 1 aliphatic carbocycles. The Kier molecular flexibility index (Phi) is 4.85. The van der Waals surface area contributed by atoms with Gasteiger partial charge in [0.05, 0.1) is 18.0 Å². The predicted molar refractivity (Wildman–Crippen MR) is 87.6 cm³/mol. The van der Waals surface area contributed by atoms with Gasteiger partial charge in [0.15, 0.2) is 0 Å². The number of amides is 1. The van der Waals surface area contributed by atoms with Crippen LogP contribution >= 0.6 is 11.6 Å². The molecule has 1 heterocycles. The lowest BCUT2D eigenvalue weighted by Crippen LogP contribution is -2.40. The summed E-state index contributed by atoms with van der Waals surface area (Å²) >= 11 is 5.84. The van der Waals surface area contributed by atoms with Gasteiger partial charge in [0.25, 0.3) is 0 Å². The van der Waals surface area contributed by atoms with Crippen molar-refractivity contribution in [1.82, 2.24) is 10.3 Å². The lowest BCUT2D eigenvalue weighted by molar-refractivity contribution is -0.142. The SMILES string of the molecule is O=C(Cc1coc(-c2ccc(Cl)cc2)n1)N[C@H]1CCC[C@H]1C(=O)O. The van der Waals surface area contributed by atoms with Gasteiger partial charge in [-0.2, -0.15) is 0 Å². The molecule has 2 aromatic rings. The zero-order valence-electron chi connectivity index (χ0n) is 12.9. The van der Waals surface area contributed by atoms with E-state index in [0.29, 0.717) is 29.4 Å². The number of hydrogen-bond donors (Lipinski definition) is 2. The summed E-state index contributed by atoms with van der Waals surface area (Å²) in [7, 11) is 0. The van der Waals surface area contributed by atoms with Gasteiger partial charge in [-0.05, 0) is 37.1 Å². The molecule has 7 heteroatoms. The van der Waals surface area contributed by atoms with Crippen LogP contribution < -0.4 is 5.32 Å². The van der Waals surface area contributed by atoms with Gasteiger partial charge >= 0.3 is 5.97 Å². The van der Waals surface area contributed by atoms with E-state index in [4.69, 9.17) is 21.1 Å². The Balaban J connectivity index is 1.61. The van der Waals surface area contributed by atoms with Gasteiger partial charge in [0, 0.05) is 16.6 Å². The van der Waals surface area contributed by atoms with Crippen molar-refractivity contribution in [3.63, 3.8) is 0 Å². The zero-order chi connectivity index (χ0) is 17.1. The van der Waals surface area contributed by atoms with Crippen LogP contribution in [0.2, 0.25) is 5.02 Å². The molecule has 126 valence electrons. The molecule has 0 unspecified atom stereocenters. The number of nitrogens with one attached hydrogen (secondary N) is 1. The van der Waals surface area contributed by atoms with Crippen LogP contribution in [0.4, 0.5) is 0 Å². The van der Waals surface area contributed by atoms with Crippen LogP contribution in [0.25, 0.3) is 11.5 Å². The third-order valence-corrected chi connectivity index (χ3v) is 4.42. The molecule has 0 aliphatic heterocycles. The minimum atomic E-state index is -0.857. The number of oxazole rings is 1. The van der Waals surface area contributed by atoms with Crippen LogP contribution in [0.15, 0.2) is 34.9 Å². The third-order valence-electron chi connectivity index (χ3n) is 4.16. The number of carboxylic acid groups (broad SMARTS) is 1. The van der Waals surface area contributed by atoms with Crippen molar-refractivity contribution in [1.29, 1.82) is 0 Å². The molecule has 1 aliphatic rings. The van der Waals surface area contributed by atoms with E-state index < -0.39 is 11.9 Å². The first kappa shape index (κ1) is 16.5. The average molecular weight is 349 g/mol. The maximum atomic E-state index is 12.1. The number of halogens is 1. The number of benzene rings is 1. The Hall–Kier alpha value is -2.34. The zero-order valence-corrected chi connectivity index (χ0v) is 13.6. The molecule has 1 amide bonds. The van der Waals surface area contributed by atoms with Gasteiger partial charge in [-0.1, -0.05) is 18.0 Å². The summed E-state index contributed by atoms with van der Waals surface area (Å²) < 4.78 is 5.39. The van der Waals surface area contributed by atoms with Crippen molar-refractivity contribution in [3.05, 3.63) is 41.2 Å². The Morgan fingerprint density at radius 1 is 1.29 bits per heavy atom. The van der Waals surface area contributed by atoms with E-state index in [9.17, 15) is 9.59 Å². The van der Waals surface area contributed by atoms with Crippen molar-refractivity contribution >= 4 is 23.5 Å². The summed E-state index contributed by atoms with van der Waals surface area (Å²) in [6.07, 6.45) is 3.60. The summed E-state index contributed by atoms with van der Waals surface area (Å²) in [6, 6.07) is 6.74. The van der Waals surface area contributed by atoms with E-state index >= 15 is 0 Å². The average Bonchev–Trinajstić information content (AvgIpc) is 3.17. The van der Waals surface area contributed by atoms with Gasteiger partial charge in [-0.25, -0.2) is 4.98 Å². The number of carbonyl (C=O) groups excluding carboxylic acids is 1. The normalized spacial score (nSPS) is 20.0. The quantitative estimate of drug-likeness (QED) is 0.866. The van der Waals surface area contributed by atoms with E-state index in [1.165, 1.54) is 6.26 Å². The van der Waals surface area contributed by atoms with E-state index in [-0.39, 0.29) is 18.4 Å². The van der Waals surface area contributed by atoms with Crippen molar-refractivity contribution in [2.45, 2.75) is 31.7 Å². The third kappa shape index (κ3) is 3.76. The first-order valence-electron chi connectivity index (χ1n) is 7.75. The van der Waals surface area contributed by atoms with Crippen molar-refractivity contribution in [2.24, 2.45) is 5.92 Å². The first-order chi connectivity index (χ1) is 11.5. The van der Waals surface area contributed by atoms with Crippen molar-refractivity contribution in [3.8, 4) is 11.5 Å². The van der Waals surface area contributed by atoms with Crippen LogP contribution in [0.3, 0.4) is 0 Å². The van der Waals surface area contributed by atoms with Gasteiger partial charge < -0.3 is 14.8 Å². The monoisotopic (exact) mass is 348 g/mol. The number of nitrogens with zero attached hydrogens (tertiary/aromatic N) is 1. The predicted octanol–water partition coefficient (Wildman–Crippen LogP) is 2.91. The molecule has 1 aromatic carbocycles. The molecular formula is C17H17ClN2O4. The van der Waals surface area contributed by atoms with Crippen LogP contribution in [0.5, 0.6) is 0 Å². The second kappa shape index (κ2) is 7.05. The molecule has 0 spiro atoms. The number of hydrogen-bond acceptors (Lipinski definition) is 4. The summed E-state index contributed by atoms with van der Waals surface area (Å²) in [5.41, 5.74) is 1.27. The first-order valence-corrected chi connectivity index (χ1v) is 8.13. The summed E-state index contributed by atoms with van der Waals surface area (Å²) in [5.74, 6) is -1.19. The molecule has 0 bridgehead atoms. The van der Waals surface area contributed by atoms with E-state index in [1.54, 1.807) is 24.3 Å². The van der Waals surface area contributed by atoms with E-state index in [1.807, 2.05) is 0 Å². The fraction of sp³-hybridized carbons (Fsp3) is 0.353. The Morgan fingerprint density at radius 2 is 2.04 bits per heavy atom. The second-order valence-electron chi connectivity index (χ2n) is 5.88. The fourth-order valence-corrected chi connectivity index (χ4v) is 3.09. The van der Waals surface area contributed by atoms with Gasteiger partial charge in [0.1, 0.15) is 6.26 Å². The smallest absolute Gasteiger partial charge is 0.308 e. The van der Waals surface area contributed by atoms with Crippen LogP contribution in [0.1, 0.15) is 25.0 Å². The highest BCUT2D eigenvalue weighted by molar-refractivity contribution is 6.30. The second-order valence-corrected chi connectivity index (χ2v) is 6.31. The molecule has 0 saturated heterocycles. The topological polar surface area (TPSA) is 92.4 Å². The largest absolute Gasteiger partial charge is 0.481 e. The Labute approximate surface area is 143 Å². The molecule has 2 atom stereocenters. The van der Waals surface area contributed by atoms with Crippen LogP contribution in [0, 0.1) is 5.92 Å². The number of carboxylic acids is 1. The molecule has 0 radical (unpaired) electrons. The van der Waals surface area contributed by atoms with E-state index in [2.05, 4.69) is 10.3 Å². The number of aliphatic carboxylic acids is 1. The maximum absolute atomic E-state index is 12.1. The van der Waals surface area contributed by atoms with Crippen molar-refractivity contribution in [2.75, 3.05) is 0 Å².